The summed E-state index contributed by atoms with van der Waals surface area (Å²) in [6.07, 6.45) is 0. The highest BCUT2D eigenvalue weighted by Gasteiger charge is 2.02. The van der Waals surface area contributed by atoms with Crippen molar-refractivity contribution in [2.24, 2.45) is 5.92 Å². The fraction of sp³-hybridized carbons (Fsp3) is 0.455. The zero-order chi connectivity index (χ0) is 10.3. The first-order valence-corrected chi connectivity index (χ1v) is 4.77. The van der Waals surface area contributed by atoms with Crippen LogP contribution in [0.3, 0.4) is 0 Å². The maximum atomic E-state index is 9.02. The van der Waals surface area contributed by atoms with Crippen molar-refractivity contribution in [2.75, 3.05) is 0 Å². The third kappa shape index (κ3) is 7.60. The van der Waals surface area contributed by atoms with Gasteiger partial charge in [0.15, 0.2) is 0 Å². The Labute approximate surface area is 81.9 Å². The van der Waals surface area contributed by atoms with Gasteiger partial charge in [0.1, 0.15) is 0 Å². The van der Waals surface area contributed by atoms with Crippen molar-refractivity contribution < 1.29 is 5.02 Å². The molecule has 0 atom stereocenters. The molecule has 0 amide bonds. The summed E-state index contributed by atoms with van der Waals surface area (Å²) in [5, 5.41) is 9.02. The Kier molecular flexibility index (Phi) is 6.34. The zero-order valence-corrected chi connectivity index (χ0v) is 8.99. The van der Waals surface area contributed by atoms with Gasteiger partial charge in [-0.15, -0.1) is 0 Å². The SMILES string of the molecule is CB(O)c1ccccc1.CC(C)C. The van der Waals surface area contributed by atoms with Crippen LogP contribution in [0.2, 0.25) is 6.82 Å². The fourth-order valence-corrected chi connectivity index (χ4v) is 0.732. The van der Waals surface area contributed by atoms with E-state index in [0.29, 0.717) is 0 Å². The largest absolute Gasteiger partial charge is 0.447 e. The van der Waals surface area contributed by atoms with Crippen LogP contribution in [0.25, 0.3) is 0 Å². The summed E-state index contributed by atoms with van der Waals surface area (Å²) in [5.41, 5.74) is 0.970. The number of rotatable bonds is 1. The molecule has 0 heterocycles. The van der Waals surface area contributed by atoms with Crippen LogP contribution in [0.5, 0.6) is 0 Å². The van der Waals surface area contributed by atoms with Gasteiger partial charge in [-0.2, -0.15) is 0 Å². The molecule has 0 fully saturated rings. The summed E-state index contributed by atoms with van der Waals surface area (Å²) in [6, 6.07) is 9.59. The minimum absolute atomic E-state index is 0.341. The maximum absolute atomic E-state index is 9.02. The van der Waals surface area contributed by atoms with Gasteiger partial charge in [-0.1, -0.05) is 57.9 Å². The molecule has 0 unspecified atom stereocenters. The molecule has 0 saturated carbocycles. The highest BCUT2D eigenvalue weighted by molar-refractivity contribution is 6.64. The molecule has 1 N–H and O–H groups in total. The fourth-order valence-electron chi connectivity index (χ4n) is 0.732. The molecule has 0 saturated heterocycles. The van der Waals surface area contributed by atoms with Gasteiger partial charge in [-0.25, -0.2) is 0 Å². The van der Waals surface area contributed by atoms with E-state index in [2.05, 4.69) is 20.8 Å². The Morgan fingerprint density at radius 3 is 1.69 bits per heavy atom. The van der Waals surface area contributed by atoms with Gasteiger partial charge in [0, 0.05) is 0 Å². The molecule has 13 heavy (non-hydrogen) atoms. The van der Waals surface area contributed by atoms with Gasteiger partial charge in [-0.05, 0) is 11.4 Å². The van der Waals surface area contributed by atoms with Crippen molar-refractivity contribution >= 4 is 12.4 Å². The van der Waals surface area contributed by atoms with Crippen LogP contribution in [-0.2, 0) is 0 Å². The zero-order valence-electron chi connectivity index (χ0n) is 8.99. The van der Waals surface area contributed by atoms with Gasteiger partial charge in [0.05, 0.1) is 0 Å². The van der Waals surface area contributed by atoms with E-state index in [1.807, 2.05) is 30.3 Å². The van der Waals surface area contributed by atoms with E-state index < -0.39 is 0 Å². The third-order valence-electron chi connectivity index (χ3n) is 1.28. The predicted molar refractivity (Wildman–Crippen MR) is 60.4 cm³/mol. The Morgan fingerprint density at radius 2 is 1.46 bits per heavy atom. The van der Waals surface area contributed by atoms with Crippen molar-refractivity contribution in [3.8, 4) is 0 Å². The van der Waals surface area contributed by atoms with Gasteiger partial charge >= 0.3 is 6.92 Å². The van der Waals surface area contributed by atoms with Gasteiger partial charge < -0.3 is 5.02 Å². The predicted octanol–water partition coefficient (Wildman–Crippen LogP) is 2.17. The molecule has 1 aromatic rings. The van der Waals surface area contributed by atoms with E-state index >= 15 is 0 Å². The van der Waals surface area contributed by atoms with E-state index in [1.54, 1.807) is 6.82 Å². The second-order valence-corrected chi connectivity index (χ2v) is 3.82. The summed E-state index contributed by atoms with van der Waals surface area (Å²) in [7, 11) is 0. The molecule has 2 heteroatoms. The van der Waals surface area contributed by atoms with Crippen molar-refractivity contribution in [1.82, 2.24) is 0 Å². The average Bonchev–Trinajstić information content (AvgIpc) is 2.05. The van der Waals surface area contributed by atoms with Crippen LogP contribution in [0.1, 0.15) is 20.8 Å². The average molecular weight is 178 g/mol. The molecule has 1 nitrogen and oxygen atoms in total. The second kappa shape index (κ2) is 6.73. The Bertz CT molecular complexity index is 204. The summed E-state index contributed by atoms with van der Waals surface area (Å²) in [5.74, 6) is 0.833. The lowest BCUT2D eigenvalue weighted by molar-refractivity contribution is 0.594. The molecule has 1 aromatic carbocycles. The summed E-state index contributed by atoms with van der Waals surface area (Å²) in [6.45, 7) is 7.92. The molecule has 0 aliphatic carbocycles. The minimum atomic E-state index is -0.341. The number of hydrogen-bond acceptors (Lipinski definition) is 1. The topological polar surface area (TPSA) is 20.2 Å². The first kappa shape index (κ1) is 12.2. The highest BCUT2D eigenvalue weighted by Crippen LogP contribution is 1.83. The van der Waals surface area contributed by atoms with Crippen molar-refractivity contribution in [3.63, 3.8) is 0 Å². The summed E-state index contributed by atoms with van der Waals surface area (Å²) < 4.78 is 0. The first-order valence-electron chi connectivity index (χ1n) is 4.77. The second-order valence-electron chi connectivity index (χ2n) is 3.82. The lowest BCUT2D eigenvalue weighted by Gasteiger charge is -1.96. The van der Waals surface area contributed by atoms with E-state index in [1.165, 1.54) is 0 Å². The molecule has 0 aromatic heterocycles. The van der Waals surface area contributed by atoms with Crippen LogP contribution in [0.4, 0.5) is 0 Å². The van der Waals surface area contributed by atoms with Gasteiger partial charge in [-0.3, -0.25) is 0 Å². The Morgan fingerprint density at radius 1 is 1.08 bits per heavy atom. The molecule has 0 bridgehead atoms. The minimum Gasteiger partial charge on any atom is -0.447 e. The van der Waals surface area contributed by atoms with Crippen molar-refractivity contribution in [1.29, 1.82) is 0 Å². The molecular formula is C11H19BO. The first-order chi connectivity index (χ1) is 6.04. The van der Waals surface area contributed by atoms with Crippen LogP contribution in [0.15, 0.2) is 30.3 Å². The number of benzene rings is 1. The van der Waals surface area contributed by atoms with Crippen molar-refractivity contribution in [3.05, 3.63) is 30.3 Å². The lowest BCUT2D eigenvalue weighted by Crippen LogP contribution is -2.25. The Hall–Kier alpha value is -0.755. The molecule has 0 spiro atoms. The molecule has 72 valence electrons. The van der Waals surface area contributed by atoms with Crippen LogP contribution in [-0.4, -0.2) is 11.9 Å². The third-order valence-corrected chi connectivity index (χ3v) is 1.28. The smallest absolute Gasteiger partial charge is 0.320 e. The Balaban J connectivity index is 0.000000310. The normalized spacial score (nSPS) is 9.08. The van der Waals surface area contributed by atoms with E-state index in [-0.39, 0.29) is 6.92 Å². The highest BCUT2D eigenvalue weighted by atomic mass is 16.2. The standard InChI is InChI=1S/C7H9BO.C4H10/c1-8(9)7-5-3-2-4-6-7;1-4(2)3/h2-6,9H,1H3;4H,1-3H3. The number of hydrogen-bond donors (Lipinski definition) is 1. The van der Waals surface area contributed by atoms with Crippen molar-refractivity contribution in [2.45, 2.75) is 27.6 Å². The van der Waals surface area contributed by atoms with Crippen LogP contribution < -0.4 is 5.46 Å². The summed E-state index contributed by atoms with van der Waals surface area (Å²) >= 11 is 0. The van der Waals surface area contributed by atoms with E-state index in [0.717, 1.165) is 11.4 Å². The van der Waals surface area contributed by atoms with Gasteiger partial charge in [0.2, 0.25) is 0 Å². The molecular weight excluding hydrogens is 159 g/mol. The monoisotopic (exact) mass is 178 g/mol. The molecule has 0 aliphatic heterocycles. The quantitative estimate of drug-likeness (QED) is 0.653. The van der Waals surface area contributed by atoms with Gasteiger partial charge in [0.25, 0.3) is 0 Å². The maximum Gasteiger partial charge on any atom is 0.320 e. The van der Waals surface area contributed by atoms with E-state index in [9.17, 15) is 0 Å². The molecule has 0 radical (unpaired) electrons. The van der Waals surface area contributed by atoms with Crippen LogP contribution in [0, 0.1) is 5.92 Å². The molecule has 1 rings (SSSR count). The van der Waals surface area contributed by atoms with E-state index in [4.69, 9.17) is 5.02 Å². The summed E-state index contributed by atoms with van der Waals surface area (Å²) in [4.78, 5) is 0. The molecule has 0 aliphatic rings. The van der Waals surface area contributed by atoms with Crippen LogP contribution >= 0.6 is 0 Å². The lowest BCUT2D eigenvalue weighted by atomic mass is 9.64.